The van der Waals surface area contributed by atoms with Crippen LogP contribution in [0.15, 0.2) is 131 Å². The summed E-state index contributed by atoms with van der Waals surface area (Å²) in [5, 5.41) is 11.4. The molecule has 0 bridgehead atoms. The van der Waals surface area contributed by atoms with Crippen LogP contribution in [0.3, 0.4) is 0 Å². The van der Waals surface area contributed by atoms with Crippen LogP contribution in [0.5, 0.6) is 17.2 Å². The first kappa shape index (κ1) is 36.6. The Morgan fingerprint density at radius 2 is 1.47 bits per heavy atom. The lowest BCUT2D eigenvalue weighted by atomic mass is 9.49. The lowest BCUT2D eigenvalue weighted by Crippen LogP contribution is -2.53. The van der Waals surface area contributed by atoms with E-state index in [1.54, 1.807) is 60.7 Å². The molecule has 4 aliphatic rings. The SMILES string of the molecule is COc1cc(C2C3=CCC4C(=O)N(c5ccc(-c6nc7ccccc7o6)cc5)C(=O)C4C3CC3C(=O)N(c4cccc(Cl)c4)C(=O)C32c2ccccc2)cc(OC)c1O. The Morgan fingerprint density at radius 3 is 2.17 bits per heavy atom. The van der Waals surface area contributed by atoms with Crippen LogP contribution in [0.2, 0.25) is 5.02 Å². The van der Waals surface area contributed by atoms with Crippen molar-refractivity contribution in [3.05, 3.63) is 143 Å². The zero-order valence-electron chi connectivity index (χ0n) is 31.9. The van der Waals surface area contributed by atoms with Crippen LogP contribution in [-0.2, 0) is 24.6 Å². The Hall–Kier alpha value is -6.72. The number of carbonyl (C=O) groups excluding carboxylic acids is 4. The molecule has 294 valence electrons. The molecule has 1 saturated carbocycles. The minimum Gasteiger partial charge on any atom is -0.502 e. The summed E-state index contributed by atoms with van der Waals surface area (Å²) in [6, 6.07) is 33.6. The van der Waals surface area contributed by atoms with Gasteiger partial charge in [0.05, 0.1) is 48.8 Å². The number of allylic oxidation sites excluding steroid dienone is 2. The molecule has 5 aromatic carbocycles. The second-order valence-electron chi connectivity index (χ2n) is 15.4. The van der Waals surface area contributed by atoms with Crippen LogP contribution >= 0.6 is 11.6 Å². The lowest BCUT2D eigenvalue weighted by molar-refractivity contribution is -0.127. The molecule has 6 aromatic rings. The van der Waals surface area contributed by atoms with Crippen molar-refractivity contribution >= 4 is 57.7 Å². The van der Waals surface area contributed by atoms with Crippen molar-refractivity contribution in [2.75, 3.05) is 24.0 Å². The first-order valence-electron chi connectivity index (χ1n) is 19.3. The summed E-state index contributed by atoms with van der Waals surface area (Å²) in [6.07, 6.45) is 2.33. The number of phenolic OH excluding ortho intramolecular Hbond substituents is 1. The monoisotopic (exact) mass is 805 g/mol. The average molecular weight is 806 g/mol. The van der Waals surface area contributed by atoms with Gasteiger partial charge in [0.1, 0.15) is 5.52 Å². The molecule has 2 aliphatic carbocycles. The summed E-state index contributed by atoms with van der Waals surface area (Å²) in [7, 11) is 2.84. The van der Waals surface area contributed by atoms with Crippen LogP contribution in [0.25, 0.3) is 22.6 Å². The summed E-state index contributed by atoms with van der Waals surface area (Å²) >= 11 is 6.45. The molecule has 1 aromatic heterocycles. The number of nitrogens with zero attached hydrogens (tertiary/aromatic N) is 3. The molecule has 3 fully saturated rings. The number of rotatable bonds is 7. The van der Waals surface area contributed by atoms with Gasteiger partial charge in [-0.15, -0.1) is 0 Å². The molecular formula is C47H36ClN3O8. The highest BCUT2D eigenvalue weighted by Crippen LogP contribution is 2.65. The number of aromatic hydroxyl groups is 1. The second kappa shape index (κ2) is 13.7. The van der Waals surface area contributed by atoms with Crippen molar-refractivity contribution in [3.8, 4) is 28.7 Å². The van der Waals surface area contributed by atoms with E-state index in [0.717, 1.165) is 5.57 Å². The highest BCUT2D eigenvalue weighted by atomic mass is 35.5. The van der Waals surface area contributed by atoms with Crippen molar-refractivity contribution in [2.45, 2.75) is 24.2 Å². The average Bonchev–Trinajstić information content (AvgIpc) is 3.88. The smallest absolute Gasteiger partial charge is 0.246 e. The minimum absolute atomic E-state index is 0.110. The molecule has 3 heterocycles. The number of fused-ring (bicyclic) bond motifs is 5. The normalized spacial score (nSPS) is 24.9. The van der Waals surface area contributed by atoms with E-state index in [4.69, 9.17) is 25.5 Å². The van der Waals surface area contributed by atoms with Gasteiger partial charge in [-0.3, -0.25) is 24.1 Å². The summed E-state index contributed by atoms with van der Waals surface area (Å²) in [5.41, 5.74) is 3.17. The largest absolute Gasteiger partial charge is 0.502 e. The number of para-hydroxylation sites is 2. The zero-order valence-corrected chi connectivity index (χ0v) is 32.6. The molecule has 6 unspecified atom stereocenters. The van der Waals surface area contributed by atoms with Crippen molar-refractivity contribution in [1.29, 1.82) is 0 Å². The standard InChI is InChI=1S/C47H36ClN3O8/c1-57-37-21-26(22-38(58-2)41(37)52)40-31-19-20-32-39(45(55)50(43(32)53)29-17-15-25(16-18-29)42-49-35-13-6-7-14-36(35)59-42)33(31)24-34-44(54)51(30-12-8-11-28(48)23-30)46(56)47(34,40)27-9-4-3-5-10-27/h3-19,21-23,32-34,39-40,52H,20,24H2,1-2H3. The quantitative estimate of drug-likeness (QED) is 0.125. The third kappa shape index (κ3) is 5.30. The second-order valence-corrected chi connectivity index (χ2v) is 15.8. The van der Waals surface area contributed by atoms with Gasteiger partial charge in [0, 0.05) is 16.5 Å². The summed E-state index contributed by atoms with van der Waals surface area (Å²) < 4.78 is 17.2. The fraction of sp³-hybridized carbons (Fsp3) is 0.213. The molecule has 11 nitrogen and oxygen atoms in total. The highest BCUT2D eigenvalue weighted by molar-refractivity contribution is 6.32. The van der Waals surface area contributed by atoms with Gasteiger partial charge >= 0.3 is 0 Å². The van der Waals surface area contributed by atoms with Crippen molar-refractivity contribution < 1.29 is 38.2 Å². The van der Waals surface area contributed by atoms with E-state index in [0.29, 0.717) is 50.1 Å². The Bertz CT molecular complexity index is 2710. The van der Waals surface area contributed by atoms with Gasteiger partial charge < -0.3 is 19.0 Å². The number of hydrogen-bond acceptors (Lipinski definition) is 9. The van der Waals surface area contributed by atoms with E-state index < -0.39 is 46.8 Å². The number of benzene rings is 5. The molecule has 2 saturated heterocycles. The van der Waals surface area contributed by atoms with Gasteiger partial charge in [-0.2, -0.15) is 0 Å². The van der Waals surface area contributed by atoms with E-state index in [1.165, 1.54) is 24.0 Å². The predicted octanol–water partition coefficient (Wildman–Crippen LogP) is 8.24. The molecule has 0 spiro atoms. The maximum Gasteiger partial charge on any atom is 0.246 e. The number of phenols is 1. The topological polar surface area (TPSA) is 139 Å². The number of methoxy groups -OCH3 is 2. The van der Waals surface area contributed by atoms with E-state index >= 15 is 9.59 Å². The lowest BCUT2D eigenvalue weighted by Gasteiger charge is -2.50. The Balaban J connectivity index is 1.12. The van der Waals surface area contributed by atoms with Gasteiger partial charge in [0.25, 0.3) is 0 Å². The van der Waals surface area contributed by atoms with Gasteiger partial charge in [-0.25, -0.2) is 9.88 Å². The number of imide groups is 2. The maximum absolute atomic E-state index is 15.6. The minimum atomic E-state index is -1.52. The van der Waals surface area contributed by atoms with Gasteiger partial charge in [-0.05, 0) is 96.6 Å². The number of oxazole rings is 1. The van der Waals surface area contributed by atoms with Gasteiger partial charge in [0.2, 0.25) is 35.3 Å². The molecular weight excluding hydrogens is 770 g/mol. The van der Waals surface area contributed by atoms with Crippen molar-refractivity contribution in [1.82, 2.24) is 4.98 Å². The molecule has 0 radical (unpaired) electrons. The van der Waals surface area contributed by atoms with E-state index in [1.807, 2.05) is 60.7 Å². The number of carbonyl (C=O) groups is 4. The van der Waals surface area contributed by atoms with Crippen LogP contribution in [-0.4, -0.2) is 47.9 Å². The Labute approximate surface area is 343 Å². The molecule has 6 atom stereocenters. The third-order valence-electron chi connectivity index (χ3n) is 12.7. The fourth-order valence-corrected chi connectivity index (χ4v) is 10.4. The number of aromatic nitrogens is 1. The first-order chi connectivity index (χ1) is 28.6. The number of halogens is 1. The van der Waals surface area contributed by atoms with Gasteiger partial charge in [0.15, 0.2) is 17.1 Å². The molecule has 59 heavy (non-hydrogen) atoms. The van der Waals surface area contributed by atoms with Crippen LogP contribution < -0.4 is 19.3 Å². The Morgan fingerprint density at radius 1 is 0.763 bits per heavy atom. The fourth-order valence-electron chi connectivity index (χ4n) is 10.2. The molecule has 12 heteroatoms. The zero-order chi connectivity index (χ0) is 40.7. The number of hydrogen-bond donors (Lipinski definition) is 1. The molecule has 1 N–H and O–H groups in total. The van der Waals surface area contributed by atoms with E-state index in [-0.39, 0.29) is 41.9 Å². The number of amides is 4. The molecule has 4 amide bonds. The van der Waals surface area contributed by atoms with Crippen molar-refractivity contribution in [3.63, 3.8) is 0 Å². The van der Waals surface area contributed by atoms with Crippen LogP contribution in [0.1, 0.15) is 29.9 Å². The third-order valence-corrected chi connectivity index (χ3v) is 12.9. The maximum atomic E-state index is 15.6. The predicted molar refractivity (Wildman–Crippen MR) is 219 cm³/mol. The van der Waals surface area contributed by atoms with E-state index in [9.17, 15) is 14.7 Å². The summed E-state index contributed by atoms with van der Waals surface area (Å²) in [6.45, 7) is 0. The number of anilines is 2. The van der Waals surface area contributed by atoms with Crippen LogP contribution in [0, 0.1) is 23.7 Å². The van der Waals surface area contributed by atoms with Crippen LogP contribution in [0.4, 0.5) is 11.4 Å². The molecule has 2 aliphatic heterocycles. The van der Waals surface area contributed by atoms with Gasteiger partial charge in [-0.1, -0.05) is 71.8 Å². The summed E-state index contributed by atoms with van der Waals surface area (Å²) in [4.78, 5) is 67.0. The first-order valence-corrected chi connectivity index (χ1v) is 19.7. The Kier molecular flexibility index (Phi) is 8.50. The van der Waals surface area contributed by atoms with Crippen molar-refractivity contribution in [2.24, 2.45) is 23.7 Å². The number of ether oxygens (including phenoxy) is 2. The van der Waals surface area contributed by atoms with E-state index in [2.05, 4.69) is 4.98 Å². The molecule has 10 rings (SSSR count). The summed E-state index contributed by atoms with van der Waals surface area (Å²) in [5.74, 6) is -5.13. The highest BCUT2D eigenvalue weighted by Gasteiger charge is 2.70.